The Labute approximate surface area is 316 Å². The fourth-order valence-corrected chi connectivity index (χ4v) is 7.85. The first-order chi connectivity index (χ1) is 26.7. The fourth-order valence-electron chi connectivity index (χ4n) is 7.85. The van der Waals surface area contributed by atoms with Gasteiger partial charge in [0, 0.05) is 33.9 Å². The molecule has 54 heavy (non-hydrogen) atoms. The van der Waals surface area contributed by atoms with Crippen LogP contribution in [0.3, 0.4) is 0 Å². The van der Waals surface area contributed by atoms with Crippen LogP contribution < -0.4 is 4.90 Å². The summed E-state index contributed by atoms with van der Waals surface area (Å²) >= 11 is 0. The zero-order chi connectivity index (χ0) is 36.4. The highest BCUT2D eigenvalue weighted by Crippen LogP contribution is 2.43. The monoisotopic (exact) mass is 699 g/mol. The molecule has 0 bridgehead atoms. The lowest BCUT2D eigenvalue weighted by atomic mass is 9.93. The van der Waals surface area contributed by atoms with E-state index in [2.05, 4.69) is 210 Å². The highest BCUT2D eigenvalue weighted by atomic mass is 15.2. The van der Waals surface area contributed by atoms with Gasteiger partial charge in [-0.05, 0) is 109 Å². The van der Waals surface area contributed by atoms with Crippen molar-refractivity contribution in [2.75, 3.05) is 4.90 Å². The Kier molecular flexibility index (Phi) is 8.81. The summed E-state index contributed by atoms with van der Waals surface area (Å²) in [7, 11) is 0. The molecule has 5 nitrogen and oxygen atoms in total. The van der Waals surface area contributed by atoms with Crippen molar-refractivity contribution >= 4 is 33.4 Å². The van der Waals surface area contributed by atoms with Crippen LogP contribution in [-0.2, 0) is 0 Å². The summed E-state index contributed by atoms with van der Waals surface area (Å²) in [5.74, 6) is 1.79. The van der Waals surface area contributed by atoms with E-state index in [4.69, 9.17) is 9.97 Å². The Morgan fingerprint density at radius 2 is 0.981 bits per heavy atom. The van der Waals surface area contributed by atoms with E-state index >= 15 is 0 Å². The molecule has 0 N–H and O–H groups in total. The van der Waals surface area contributed by atoms with E-state index in [0.717, 1.165) is 74.7 Å². The zero-order valence-corrected chi connectivity index (χ0v) is 30.5. The Hall–Kier alpha value is -6.72. The number of hydrogen-bond acceptors (Lipinski definition) is 3. The first-order valence-corrected chi connectivity index (χ1v) is 18.8. The largest absolute Gasteiger partial charge is 0.334 e. The van der Waals surface area contributed by atoms with Gasteiger partial charge in [0.15, 0.2) is 0 Å². The topological polar surface area (TPSA) is 38.9 Å². The molecular formula is C49H41N5. The van der Waals surface area contributed by atoms with Gasteiger partial charge in [-0.15, -0.1) is 0 Å². The molecule has 2 aromatic heterocycles. The summed E-state index contributed by atoms with van der Waals surface area (Å²) in [6.45, 7) is 4.49. The van der Waals surface area contributed by atoms with Gasteiger partial charge in [-0.1, -0.05) is 110 Å². The van der Waals surface area contributed by atoms with E-state index in [1.54, 1.807) is 0 Å². The highest BCUT2D eigenvalue weighted by molar-refractivity contribution is 5.87. The smallest absolute Gasteiger partial charge is 0.145 e. The van der Waals surface area contributed by atoms with E-state index < -0.39 is 0 Å². The van der Waals surface area contributed by atoms with E-state index in [9.17, 15) is 0 Å². The lowest BCUT2D eigenvalue weighted by Gasteiger charge is -2.36. The van der Waals surface area contributed by atoms with Gasteiger partial charge in [0.25, 0.3) is 0 Å². The van der Waals surface area contributed by atoms with Crippen LogP contribution in [0.1, 0.15) is 36.9 Å². The number of para-hydroxylation sites is 8. The van der Waals surface area contributed by atoms with Crippen molar-refractivity contribution in [1.82, 2.24) is 19.1 Å². The van der Waals surface area contributed by atoms with Crippen LogP contribution in [0.4, 0.5) is 11.4 Å². The van der Waals surface area contributed by atoms with E-state index in [-0.39, 0.29) is 6.04 Å². The average molecular weight is 700 g/mol. The molecular weight excluding hydrogens is 659 g/mol. The molecule has 0 aliphatic heterocycles. The Morgan fingerprint density at radius 1 is 0.519 bits per heavy atom. The van der Waals surface area contributed by atoms with Crippen LogP contribution in [-0.4, -0.2) is 19.1 Å². The molecule has 1 atom stereocenters. The minimum atomic E-state index is 0.0151. The second-order valence-electron chi connectivity index (χ2n) is 13.8. The molecule has 0 fully saturated rings. The number of anilines is 2. The Balaban J connectivity index is 1.36. The van der Waals surface area contributed by atoms with Gasteiger partial charge in [-0.2, -0.15) is 0 Å². The highest BCUT2D eigenvalue weighted by Gasteiger charge is 2.27. The molecule has 0 aliphatic carbocycles. The molecule has 0 saturated heterocycles. The van der Waals surface area contributed by atoms with Crippen molar-refractivity contribution in [3.8, 4) is 34.2 Å². The van der Waals surface area contributed by atoms with Crippen LogP contribution in [0, 0.1) is 6.92 Å². The number of aryl methyl sites for hydroxylation is 1. The zero-order valence-electron chi connectivity index (χ0n) is 30.5. The van der Waals surface area contributed by atoms with Crippen molar-refractivity contribution in [2.24, 2.45) is 0 Å². The predicted molar refractivity (Wildman–Crippen MR) is 224 cm³/mol. The van der Waals surface area contributed by atoms with Crippen LogP contribution in [0.15, 0.2) is 182 Å². The summed E-state index contributed by atoms with van der Waals surface area (Å²) in [6.07, 6.45) is 1.95. The van der Waals surface area contributed by atoms with Crippen LogP contribution in [0.25, 0.3) is 56.2 Å². The normalized spacial score (nSPS) is 12.0. The number of hydrogen-bond donors (Lipinski definition) is 0. The number of imidazole rings is 2. The van der Waals surface area contributed by atoms with Gasteiger partial charge in [-0.3, -0.25) is 9.13 Å². The van der Waals surface area contributed by atoms with Crippen molar-refractivity contribution in [3.05, 3.63) is 193 Å². The molecule has 2 heterocycles. The van der Waals surface area contributed by atoms with Gasteiger partial charge >= 0.3 is 0 Å². The summed E-state index contributed by atoms with van der Waals surface area (Å²) in [5, 5.41) is 0. The molecule has 262 valence electrons. The third kappa shape index (κ3) is 6.04. The molecule has 9 rings (SSSR count). The maximum Gasteiger partial charge on any atom is 0.145 e. The first-order valence-electron chi connectivity index (χ1n) is 18.8. The average Bonchev–Trinajstić information content (AvgIpc) is 3.82. The lowest BCUT2D eigenvalue weighted by Crippen LogP contribution is -2.25. The second kappa shape index (κ2) is 14.4. The van der Waals surface area contributed by atoms with Gasteiger partial charge in [0.1, 0.15) is 11.6 Å². The van der Waals surface area contributed by atoms with Crippen LogP contribution in [0.5, 0.6) is 0 Å². The van der Waals surface area contributed by atoms with Crippen molar-refractivity contribution in [3.63, 3.8) is 0 Å². The molecule has 1 unspecified atom stereocenters. The van der Waals surface area contributed by atoms with Gasteiger partial charge in [-0.25, -0.2) is 9.97 Å². The molecule has 9 aromatic rings. The quantitative estimate of drug-likeness (QED) is 0.143. The molecule has 0 aliphatic rings. The Morgan fingerprint density at radius 3 is 1.50 bits per heavy atom. The standard InChI is InChI=1S/C49H41N5/c1-3-19-45(52(39-21-7-4-8-22-39)44-29-16-13-20-35(44)2)36-32-37(48-50-42-27-14-17-30-46(42)53(48)40-23-9-5-10-24-40)34-38(33-36)49-51-43-28-15-18-31-47(43)54(49)41-25-11-6-12-26-41/h4-18,20-34,45H,3,19H2,1-2H3. The summed E-state index contributed by atoms with van der Waals surface area (Å²) in [5.41, 5.74) is 13.0. The summed E-state index contributed by atoms with van der Waals surface area (Å²) < 4.78 is 4.59. The van der Waals surface area contributed by atoms with E-state index in [1.165, 1.54) is 16.8 Å². The number of benzene rings is 7. The van der Waals surface area contributed by atoms with Gasteiger partial charge in [0.05, 0.1) is 28.1 Å². The SMILES string of the molecule is CCCC(c1cc(-c2nc3ccccc3n2-c2ccccc2)cc(-c2nc3ccccc3n2-c2ccccc2)c1)N(c1ccccc1)c1ccccc1C. The number of fused-ring (bicyclic) bond motifs is 2. The van der Waals surface area contributed by atoms with E-state index in [1.807, 2.05) is 0 Å². The maximum absolute atomic E-state index is 5.36. The van der Waals surface area contributed by atoms with Crippen LogP contribution in [0.2, 0.25) is 0 Å². The number of rotatable bonds is 10. The predicted octanol–water partition coefficient (Wildman–Crippen LogP) is 12.7. The molecule has 7 aromatic carbocycles. The summed E-state index contributed by atoms with van der Waals surface area (Å²) in [6, 6.07) is 64.6. The molecule has 0 amide bonds. The minimum absolute atomic E-state index is 0.0151. The fraction of sp³-hybridized carbons (Fsp3) is 0.102. The minimum Gasteiger partial charge on any atom is -0.334 e. The van der Waals surface area contributed by atoms with Crippen molar-refractivity contribution < 1.29 is 0 Å². The van der Waals surface area contributed by atoms with Gasteiger partial charge < -0.3 is 4.90 Å². The van der Waals surface area contributed by atoms with Gasteiger partial charge in [0.2, 0.25) is 0 Å². The first kappa shape index (κ1) is 33.1. The number of nitrogens with zero attached hydrogens (tertiary/aromatic N) is 5. The summed E-state index contributed by atoms with van der Waals surface area (Å²) in [4.78, 5) is 13.3. The molecule has 0 spiro atoms. The van der Waals surface area contributed by atoms with Crippen molar-refractivity contribution in [1.29, 1.82) is 0 Å². The lowest BCUT2D eigenvalue weighted by molar-refractivity contribution is 0.620. The third-order valence-corrected chi connectivity index (χ3v) is 10.3. The molecule has 5 heteroatoms. The second-order valence-corrected chi connectivity index (χ2v) is 13.8. The molecule has 0 radical (unpaired) electrons. The maximum atomic E-state index is 5.36. The van der Waals surface area contributed by atoms with E-state index in [0.29, 0.717) is 0 Å². The van der Waals surface area contributed by atoms with Crippen LogP contribution >= 0.6 is 0 Å². The van der Waals surface area contributed by atoms with Crippen molar-refractivity contribution in [2.45, 2.75) is 32.7 Å². The third-order valence-electron chi connectivity index (χ3n) is 10.3. The Bertz CT molecular complexity index is 2560. The molecule has 0 saturated carbocycles. The number of aromatic nitrogens is 4.